The summed E-state index contributed by atoms with van der Waals surface area (Å²) in [5, 5.41) is 25.6. The number of alkyl carbamates (subject to hydrolysis) is 1. The van der Waals surface area contributed by atoms with Crippen LogP contribution in [0.25, 0.3) is 0 Å². The van der Waals surface area contributed by atoms with Crippen molar-refractivity contribution in [3.63, 3.8) is 0 Å². The zero-order valence-corrected chi connectivity index (χ0v) is 28.5. The van der Waals surface area contributed by atoms with Crippen LogP contribution in [0.5, 0.6) is 0 Å². The fourth-order valence-corrected chi connectivity index (χ4v) is 5.25. The summed E-state index contributed by atoms with van der Waals surface area (Å²) in [4.78, 5) is 48.9. The second-order valence-electron chi connectivity index (χ2n) is 13.9. The van der Waals surface area contributed by atoms with Crippen molar-refractivity contribution in [3.8, 4) is 0 Å². The van der Waals surface area contributed by atoms with Gasteiger partial charge in [0.2, 0.25) is 11.8 Å². The summed E-state index contributed by atoms with van der Waals surface area (Å²) in [6, 6.07) is 6.05. The number of ether oxygens (including phenoxy) is 1. The van der Waals surface area contributed by atoms with Crippen LogP contribution in [0, 0.1) is 11.3 Å². The molecule has 0 radical (unpaired) electrons. The molecule has 0 heterocycles. The predicted octanol–water partition coefficient (Wildman–Crippen LogP) is 4.98. The fourth-order valence-electron chi connectivity index (χ4n) is 3.89. The first-order valence-electron chi connectivity index (χ1n) is 14.7. The van der Waals surface area contributed by atoms with Crippen LogP contribution in [0.4, 0.5) is 4.79 Å². The average molecular weight is 621 g/mol. The molecule has 242 valence electrons. The smallest absolute Gasteiger partial charge is 0.413 e. The molecule has 0 spiro atoms. The fraction of sp³-hybridized carbons (Fsp3) is 0.645. The number of carboxylic acids is 1. The van der Waals surface area contributed by atoms with E-state index in [-0.39, 0.29) is 60.8 Å². The summed E-state index contributed by atoms with van der Waals surface area (Å²) in [5.74, 6) is -1.48. The van der Waals surface area contributed by atoms with Gasteiger partial charge in [0.1, 0.15) is 11.4 Å². The van der Waals surface area contributed by atoms with E-state index in [0.717, 1.165) is 0 Å². The zero-order chi connectivity index (χ0) is 33.2. The van der Waals surface area contributed by atoms with Crippen LogP contribution >= 0.6 is 0 Å². The normalized spacial score (nSPS) is 13.6. The molecule has 0 aliphatic carbocycles. The predicted molar refractivity (Wildman–Crippen MR) is 170 cm³/mol. The average Bonchev–Trinajstić information content (AvgIpc) is 2.79. The molecule has 5 N–H and O–H groups in total. The number of amides is 3. The SMILES string of the molecule is CC(C)CC(=O)N[C@H](CC(=O)O)C[C@@H](CNC(=O)Cc1ccc(C(=N)NC(=O)OC(C)(C)C)cc1)O[Si](C)(C)C(C)(C)C. The van der Waals surface area contributed by atoms with Crippen molar-refractivity contribution in [2.75, 3.05) is 6.54 Å². The molecule has 0 bridgehead atoms. The second-order valence-corrected chi connectivity index (χ2v) is 18.6. The molecule has 0 saturated heterocycles. The highest BCUT2D eigenvalue weighted by Crippen LogP contribution is 2.37. The van der Waals surface area contributed by atoms with Gasteiger partial charge < -0.3 is 24.9 Å². The number of benzene rings is 1. The van der Waals surface area contributed by atoms with Crippen LogP contribution < -0.4 is 16.0 Å². The number of rotatable bonds is 14. The number of hydrogen-bond donors (Lipinski definition) is 5. The maximum absolute atomic E-state index is 12.9. The lowest BCUT2D eigenvalue weighted by molar-refractivity contribution is -0.138. The Kier molecular flexibility index (Phi) is 14.1. The van der Waals surface area contributed by atoms with E-state index in [2.05, 4.69) is 49.8 Å². The first kappa shape index (κ1) is 37.8. The summed E-state index contributed by atoms with van der Waals surface area (Å²) >= 11 is 0. The van der Waals surface area contributed by atoms with Crippen molar-refractivity contribution < 1.29 is 33.4 Å². The van der Waals surface area contributed by atoms with Gasteiger partial charge in [0.15, 0.2) is 8.32 Å². The highest BCUT2D eigenvalue weighted by atomic mass is 28.4. The third-order valence-corrected chi connectivity index (χ3v) is 11.5. The molecule has 0 aliphatic heterocycles. The molecule has 0 aromatic heterocycles. The zero-order valence-electron chi connectivity index (χ0n) is 27.5. The first-order valence-corrected chi connectivity index (χ1v) is 17.6. The maximum Gasteiger partial charge on any atom is 0.413 e. The molecule has 1 rings (SSSR count). The standard InChI is InChI=1S/C31H52N4O7Si/c1-20(2)15-26(37)34-23(18-27(38)39)17-24(42-43(9,10)31(6,7)8)19-33-25(36)16-21-11-13-22(14-12-21)28(32)35-29(40)41-30(3,4)5/h11-14,20,23-24H,15-19H2,1-10H3,(H,33,36)(H,34,37)(H,38,39)(H2,32,35,40)/t23-,24-/m0/s1. The van der Waals surface area contributed by atoms with Gasteiger partial charge in [-0.05, 0) is 56.8 Å². The monoisotopic (exact) mass is 620 g/mol. The number of hydrogen-bond acceptors (Lipinski definition) is 7. The van der Waals surface area contributed by atoms with Crippen molar-refractivity contribution in [1.29, 1.82) is 5.41 Å². The van der Waals surface area contributed by atoms with Crippen LogP contribution in [0.1, 0.15) is 85.8 Å². The first-order chi connectivity index (χ1) is 19.6. The van der Waals surface area contributed by atoms with Gasteiger partial charge in [0.25, 0.3) is 0 Å². The van der Waals surface area contributed by atoms with Crippen molar-refractivity contribution in [3.05, 3.63) is 35.4 Å². The molecule has 43 heavy (non-hydrogen) atoms. The molecule has 0 unspecified atom stereocenters. The van der Waals surface area contributed by atoms with E-state index in [1.54, 1.807) is 45.0 Å². The molecular formula is C31H52N4O7Si. The molecule has 11 nitrogen and oxygen atoms in total. The number of carbonyl (C=O) groups excluding carboxylic acids is 3. The van der Waals surface area contributed by atoms with Gasteiger partial charge in [-0.25, -0.2) is 4.79 Å². The summed E-state index contributed by atoms with van der Waals surface area (Å²) in [6.45, 7) is 19.7. The van der Waals surface area contributed by atoms with Gasteiger partial charge in [-0.1, -0.05) is 58.9 Å². The van der Waals surface area contributed by atoms with E-state index in [4.69, 9.17) is 14.6 Å². The van der Waals surface area contributed by atoms with Gasteiger partial charge in [-0.3, -0.25) is 25.1 Å². The van der Waals surface area contributed by atoms with Crippen molar-refractivity contribution >= 4 is 38.0 Å². The van der Waals surface area contributed by atoms with E-state index in [0.29, 0.717) is 11.1 Å². The van der Waals surface area contributed by atoms with E-state index in [1.807, 2.05) is 13.8 Å². The largest absolute Gasteiger partial charge is 0.481 e. The lowest BCUT2D eigenvalue weighted by Crippen LogP contribution is -2.49. The topological polar surface area (TPSA) is 167 Å². The molecular weight excluding hydrogens is 568 g/mol. The number of carbonyl (C=O) groups is 4. The van der Waals surface area contributed by atoms with Gasteiger partial charge >= 0.3 is 12.1 Å². The third-order valence-electron chi connectivity index (χ3n) is 6.95. The van der Waals surface area contributed by atoms with Crippen LogP contribution in [0.15, 0.2) is 24.3 Å². The Morgan fingerprint density at radius 2 is 1.53 bits per heavy atom. The summed E-state index contributed by atoms with van der Waals surface area (Å²) in [6.07, 6.45) is -0.876. The Bertz CT molecular complexity index is 1120. The molecule has 0 fully saturated rings. The van der Waals surface area contributed by atoms with Crippen molar-refractivity contribution in [2.24, 2.45) is 5.92 Å². The van der Waals surface area contributed by atoms with Gasteiger partial charge in [0, 0.05) is 24.6 Å². The molecule has 12 heteroatoms. The van der Waals surface area contributed by atoms with E-state index in [9.17, 15) is 24.3 Å². The van der Waals surface area contributed by atoms with Gasteiger partial charge in [0.05, 0.1) is 18.9 Å². The Morgan fingerprint density at radius 1 is 0.953 bits per heavy atom. The van der Waals surface area contributed by atoms with Crippen LogP contribution in [-0.4, -0.2) is 67.4 Å². The van der Waals surface area contributed by atoms with Crippen LogP contribution in [0.2, 0.25) is 18.1 Å². The van der Waals surface area contributed by atoms with Crippen molar-refractivity contribution in [2.45, 2.75) is 117 Å². The minimum absolute atomic E-state index is 0.0730. The number of carboxylic acid groups (broad SMARTS) is 1. The second kappa shape index (κ2) is 16.0. The summed E-state index contributed by atoms with van der Waals surface area (Å²) in [5.41, 5.74) is 0.481. The minimum atomic E-state index is -2.30. The van der Waals surface area contributed by atoms with Gasteiger partial charge in [-0.15, -0.1) is 0 Å². The molecule has 0 aliphatic rings. The van der Waals surface area contributed by atoms with Crippen molar-refractivity contribution in [1.82, 2.24) is 16.0 Å². The quantitative estimate of drug-likeness (QED) is 0.111. The highest BCUT2D eigenvalue weighted by Gasteiger charge is 2.40. The molecule has 2 atom stereocenters. The van der Waals surface area contributed by atoms with Crippen LogP contribution in [0.3, 0.4) is 0 Å². The highest BCUT2D eigenvalue weighted by molar-refractivity contribution is 6.74. The molecule has 1 aromatic carbocycles. The minimum Gasteiger partial charge on any atom is -0.481 e. The Balaban J connectivity index is 2.93. The third kappa shape index (κ3) is 15.2. The summed E-state index contributed by atoms with van der Waals surface area (Å²) < 4.78 is 11.8. The summed E-state index contributed by atoms with van der Waals surface area (Å²) in [7, 11) is -2.30. The molecule has 3 amide bonds. The van der Waals surface area contributed by atoms with Gasteiger partial charge in [-0.2, -0.15) is 0 Å². The number of aliphatic carboxylic acids is 1. The molecule has 1 aromatic rings. The van der Waals surface area contributed by atoms with E-state index in [1.165, 1.54) is 0 Å². The Morgan fingerprint density at radius 3 is 2.02 bits per heavy atom. The van der Waals surface area contributed by atoms with E-state index >= 15 is 0 Å². The lowest BCUT2D eigenvalue weighted by atomic mass is 10.0. The van der Waals surface area contributed by atoms with E-state index < -0.39 is 38.1 Å². The Hall–Kier alpha value is -3.25. The Labute approximate surface area is 257 Å². The molecule has 0 saturated carbocycles. The maximum atomic E-state index is 12.9. The number of amidine groups is 1. The van der Waals surface area contributed by atoms with Crippen LogP contribution in [-0.2, 0) is 30.0 Å². The number of nitrogens with one attached hydrogen (secondary N) is 4. The lowest BCUT2D eigenvalue weighted by Gasteiger charge is -2.40.